The number of imidazole rings is 1. The number of carbonyl (C=O) groups is 1. The van der Waals surface area contributed by atoms with E-state index < -0.39 is 0 Å². The Morgan fingerprint density at radius 3 is 2.02 bits per heavy atom. The van der Waals surface area contributed by atoms with Gasteiger partial charge in [-0.2, -0.15) is 0 Å². The Bertz CT molecular complexity index is 1620. The van der Waals surface area contributed by atoms with Crippen LogP contribution in [-0.2, 0) is 16.1 Å². The molecule has 0 aliphatic carbocycles. The lowest BCUT2D eigenvalue weighted by molar-refractivity contribution is -0.149. The number of esters is 1. The second-order valence-electron chi connectivity index (χ2n) is 12.4. The standard InChI is InChI=1S/C37H45N5O3S/c1-2-45-35(43)30-18-24-39(25-19-30)22-11-23-41-32-16-9-10-17-33(32)42(37(41)44)31-20-26-40(27-21-31)36(46)38-34(28-12-5-3-6-13-28)29-14-7-4-8-15-29/h3-10,12-17,30-31,34H,2,11,18-27H2,1H3,(H,38,46). The molecule has 6 rings (SSSR count). The number of aromatic nitrogens is 2. The van der Waals surface area contributed by atoms with Gasteiger partial charge >= 0.3 is 11.7 Å². The van der Waals surface area contributed by atoms with Gasteiger partial charge in [0.2, 0.25) is 0 Å². The number of nitrogens with one attached hydrogen (secondary N) is 1. The Kier molecular flexibility index (Phi) is 10.5. The molecule has 242 valence electrons. The number of para-hydroxylation sites is 2. The molecule has 0 bridgehead atoms. The van der Waals surface area contributed by atoms with Crippen LogP contribution in [0.5, 0.6) is 0 Å². The van der Waals surface area contributed by atoms with Gasteiger partial charge < -0.3 is 19.9 Å². The maximum Gasteiger partial charge on any atom is 0.329 e. The summed E-state index contributed by atoms with van der Waals surface area (Å²) in [5, 5.41) is 4.39. The molecule has 0 radical (unpaired) electrons. The predicted octanol–water partition coefficient (Wildman–Crippen LogP) is 5.77. The highest BCUT2D eigenvalue weighted by Crippen LogP contribution is 2.28. The molecule has 4 aromatic rings. The summed E-state index contributed by atoms with van der Waals surface area (Å²) in [6.07, 6.45) is 4.28. The van der Waals surface area contributed by atoms with E-state index >= 15 is 0 Å². The number of hydrogen-bond donors (Lipinski definition) is 1. The van der Waals surface area contributed by atoms with Crippen LogP contribution in [-0.4, -0.2) is 69.3 Å². The summed E-state index contributed by atoms with van der Waals surface area (Å²) in [7, 11) is 0. The Morgan fingerprint density at radius 1 is 0.826 bits per heavy atom. The molecule has 1 aromatic heterocycles. The maximum atomic E-state index is 13.9. The lowest BCUT2D eigenvalue weighted by Gasteiger charge is -2.35. The van der Waals surface area contributed by atoms with E-state index in [9.17, 15) is 9.59 Å². The second-order valence-corrected chi connectivity index (χ2v) is 12.8. The van der Waals surface area contributed by atoms with Gasteiger partial charge in [0.05, 0.1) is 29.6 Å². The lowest BCUT2D eigenvalue weighted by atomic mass is 9.97. The molecule has 1 N–H and O–H groups in total. The maximum absolute atomic E-state index is 13.9. The Balaban J connectivity index is 1.08. The first-order chi connectivity index (χ1) is 22.5. The van der Waals surface area contributed by atoms with Crippen molar-refractivity contribution in [3.05, 3.63) is 107 Å². The molecule has 2 aliphatic heterocycles. The van der Waals surface area contributed by atoms with Crippen molar-refractivity contribution in [2.45, 2.75) is 57.7 Å². The number of nitrogens with zero attached hydrogens (tertiary/aromatic N) is 4. The summed E-state index contributed by atoms with van der Waals surface area (Å²) in [5.41, 5.74) is 4.43. The Hall–Kier alpha value is -3.95. The van der Waals surface area contributed by atoms with Gasteiger partial charge in [0.15, 0.2) is 5.11 Å². The molecule has 2 aliphatic rings. The number of aryl methyl sites for hydroxylation is 1. The summed E-state index contributed by atoms with van der Waals surface area (Å²) in [6.45, 7) is 7.27. The van der Waals surface area contributed by atoms with Crippen LogP contribution < -0.4 is 11.0 Å². The number of piperidine rings is 2. The molecular weight excluding hydrogens is 595 g/mol. The molecule has 0 spiro atoms. The van der Waals surface area contributed by atoms with Crippen LogP contribution in [0.1, 0.15) is 62.2 Å². The van der Waals surface area contributed by atoms with Gasteiger partial charge in [-0.25, -0.2) is 4.79 Å². The van der Waals surface area contributed by atoms with E-state index in [-0.39, 0.29) is 29.7 Å². The van der Waals surface area contributed by atoms with Crippen molar-refractivity contribution >= 4 is 34.3 Å². The lowest BCUT2D eigenvalue weighted by Crippen LogP contribution is -2.46. The zero-order chi connectivity index (χ0) is 31.9. The first-order valence-electron chi connectivity index (χ1n) is 16.8. The van der Waals surface area contributed by atoms with E-state index in [1.165, 1.54) is 11.1 Å². The molecule has 2 saturated heterocycles. The van der Waals surface area contributed by atoms with Crippen molar-refractivity contribution in [2.24, 2.45) is 5.92 Å². The van der Waals surface area contributed by atoms with E-state index in [1.54, 1.807) is 0 Å². The van der Waals surface area contributed by atoms with E-state index in [2.05, 4.69) is 75.8 Å². The van der Waals surface area contributed by atoms with Gasteiger partial charge in [-0.1, -0.05) is 72.8 Å². The SMILES string of the molecule is CCOC(=O)C1CCN(CCCn2c(=O)n(C3CCN(C(=S)NC(c4ccccc4)c4ccccc4)CC3)c3ccccc32)CC1. The second kappa shape index (κ2) is 15.1. The molecule has 0 saturated carbocycles. The number of likely N-dealkylation sites (tertiary alicyclic amines) is 2. The van der Waals surface area contributed by atoms with Gasteiger partial charge in [0.1, 0.15) is 0 Å². The number of fused-ring (bicyclic) bond motifs is 1. The van der Waals surface area contributed by atoms with Crippen molar-refractivity contribution in [1.82, 2.24) is 24.3 Å². The molecule has 2 fully saturated rings. The minimum Gasteiger partial charge on any atom is -0.466 e. The molecule has 3 aromatic carbocycles. The fourth-order valence-corrected chi connectivity index (χ4v) is 7.40. The Morgan fingerprint density at radius 2 is 1.41 bits per heavy atom. The minimum absolute atomic E-state index is 0.0162. The molecule has 0 atom stereocenters. The van der Waals surface area contributed by atoms with Crippen LogP contribution in [0.3, 0.4) is 0 Å². The molecule has 3 heterocycles. The normalized spacial score (nSPS) is 16.6. The first-order valence-corrected chi connectivity index (χ1v) is 17.2. The summed E-state index contributed by atoms with van der Waals surface area (Å²) in [5.74, 6) is -0.0449. The average molecular weight is 640 g/mol. The summed E-state index contributed by atoms with van der Waals surface area (Å²) in [4.78, 5) is 30.7. The highest BCUT2D eigenvalue weighted by atomic mass is 32.1. The monoisotopic (exact) mass is 639 g/mol. The fourth-order valence-electron chi connectivity index (χ4n) is 7.10. The van der Waals surface area contributed by atoms with E-state index in [4.69, 9.17) is 17.0 Å². The van der Waals surface area contributed by atoms with Crippen LogP contribution in [0.4, 0.5) is 0 Å². The molecule has 8 nitrogen and oxygen atoms in total. The van der Waals surface area contributed by atoms with Gasteiger partial charge in [-0.3, -0.25) is 13.9 Å². The van der Waals surface area contributed by atoms with Crippen molar-refractivity contribution in [3.63, 3.8) is 0 Å². The predicted molar refractivity (Wildman–Crippen MR) is 187 cm³/mol. The van der Waals surface area contributed by atoms with Crippen LogP contribution in [0.25, 0.3) is 11.0 Å². The van der Waals surface area contributed by atoms with Crippen LogP contribution in [0.15, 0.2) is 89.7 Å². The number of carbonyl (C=O) groups excluding carboxylic acids is 1. The van der Waals surface area contributed by atoms with Crippen LogP contribution in [0.2, 0.25) is 0 Å². The third-order valence-corrected chi connectivity index (χ3v) is 9.96. The van der Waals surface area contributed by atoms with Gasteiger partial charge in [-0.05, 0) is 94.1 Å². The smallest absolute Gasteiger partial charge is 0.329 e. The van der Waals surface area contributed by atoms with E-state index in [0.29, 0.717) is 13.2 Å². The van der Waals surface area contributed by atoms with Crippen molar-refractivity contribution in [3.8, 4) is 0 Å². The minimum atomic E-state index is -0.0611. The molecule has 9 heteroatoms. The highest BCUT2D eigenvalue weighted by Gasteiger charge is 2.28. The quantitative estimate of drug-likeness (QED) is 0.175. The molecular formula is C37H45N5O3S. The molecule has 0 unspecified atom stereocenters. The number of ether oxygens (including phenoxy) is 1. The summed E-state index contributed by atoms with van der Waals surface area (Å²) >= 11 is 5.96. The van der Waals surface area contributed by atoms with E-state index in [1.807, 2.05) is 40.3 Å². The Labute approximate surface area is 276 Å². The van der Waals surface area contributed by atoms with Gasteiger partial charge in [0.25, 0.3) is 0 Å². The number of hydrogen-bond acceptors (Lipinski definition) is 5. The third-order valence-electron chi connectivity index (χ3n) is 9.58. The third kappa shape index (κ3) is 7.21. The average Bonchev–Trinajstić information content (AvgIpc) is 3.39. The largest absolute Gasteiger partial charge is 0.466 e. The zero-order valence-electron chi connectivity index (χ0n) is 26.7. The zero-order valence-corrected chi connectivity index (χ0v) is 27.5. The molecule has 46 heavy (non-hydrogen) atoms. The highest BCUT2D eigenvalue weighted by molar-refractivity contribution is 7.80. The fraction of sp³-hybridized carbons (Fsp3) is 0.432. The van der Waals surface area contributed by atoms with Crippen LogP contribution in [0, 0.1) is 5.92 Å². The van der Waals surface area contributed by atoms with Crippen molar-refractivity contribution in [2.75, 3.05) is 39.3 Å². The first kappa shape index (κ1) is 32.0. The van der Waals surface area contributed by atoms with Gasteiger partial charge in [-0.15, -0.1) is 0 Å². The number of rotatable bonds is 10. The van der Waals surface area contributed by atoms with Crippen molar-refractivity contribution < 1.29 is 9.53 Å². The van der Waals surface area contributed by atoms with Crippen LogP contribution >= 0.6 is 12.2 Å². The summed E-state index contributed by atoms with van der Waals surface area (Å²) in [6, 6.07) is 29.1. The van der Waals surface area contributed by atoms with Crippen molar-refractivity contribution in [1.29, 1.82) is 0 Å². The summed E-state index contributed by atoms with van der Waals surface area (Å²) < 4.78 is 9.21. The topological polar surface area (TPSA) is 71.7 Å². The van der Waals surface area contributed by atoms with Gasteiger partial charge in [0, 0.05) is 25.7 Å². The van der Waals surface area contributed by atoms with E-state index in [0.717, 1.165) is 81.0 Å². The number of thiocarbonyl (C=S) groups is 1. The number of benzene rings is 3. The molecule has 0 amide bonds.